The van der Waals surface area contributed by atoms with Gasteiger partial charge in [-0.15, -0.1) is 0 Å². The van der Waals surface area contributed by atoms with Crippen molar-refractivity contribution in [2.24, 2.45) is 4.99 Å². The molecule has 2 aliphatic heterocycles. The van der Waals surface area contributed by atoms with Crippen LogP contribution in [0, 0.1) is 0 Å². The highest BCUT2D eigenvalue weighted by Gasteiger charge is 2.33. The minimum absolute atomic E-state index is 0.0552. The fraction of sp³-hybridized carbons (Fsp3) is 0.455. The molecule has 2 N–H and O–H groups in total. The molecule has 1 saturated heterocycles. The number of hydrogen-bond acceptors (Lipinski definition) is 8. The molecule has 1 aromatic heterocycles. The number of rotatable bonds is 7. The maximum atomic E-state index is 12.4. The number of likely N-dealkylation sites (tertiary alicyclic amines) is 1. The van der Waals surface area contributed by atoms with Crippen LogP contribution < -0.4 is 10.6 Å². The number of carbonyl (C=O) groups is 3. The van der Waals surface area contributed by atoms with Gasteiger partial charge in [0.2, 0.25) is 11.8 Å². The Kier molecular flexibility index (Phi) is 6.12. The molecule has 1 atom stereocenters. The number of benzene rings is 1. The molecule has 5 rings (SSSR count). The summed E-state index contributed by atoms with van der Waals surface area (Å²) in [5.41, 5.74) is 0.999. The van der Waals surface area contributed by atoms with E-state index in [1.165, 1.54) is 11.8 Å². The van der Waals surface area contributed by atoms with Crippen LogP contribution in [0.15, 0.2) is 33.8 Å². The first-order valence-electron chi connectivity index (χ1n) is 11.1. The van der Waals surface area contributed by atoms with Crippen molar-refractivity contribution in [2.75, 3.05) is 18.4 Å². The molecule has 33 heavy (non-hydrogen) atoms. The number of thioether (sulfide) groups is 1. The highest BCUT2D eigenvalue weighted by molar-refractivity contribution is 8.15. The van der Waals surface area contributed by atoms with Crippen LogP contribution in [0.2, 0.25) is 0 Å². The standard InChI is InChI=1S/C22H24N6O4S/c29-17(11-16-21(31)26-22(33-16)28-9-1-2-10-28)24-15-7-5-14(6-8-15)20(30)23-12-18-25-19(27-32-18)13-3-4-13/h5-8,13,16H,1-4,9-12H2,(H,23,30)(H,24,29). The fourth-order valence-electron chi connectivity index (χ4n) is 3.74. The van der Waals surface area contributed by atoms with Crippen LogP contribution in [0.4, 0.5) is 5.69 Å². The van der Waals surface area contributed by atoms with Gasteiger partial charge in [-0.2, -0.15) is 9.98 Å². The summed E-state index contributed by atoms with van der Waals surface area (Å²) < 4.78 is 5.15. The largest absolute Gasteiger partial charge is 0.351 e. The van der Waals surface area contributed by atoms with Gasteiger partial charge < -0.3 is 20.1 Å². The average molecular weight is 469 g/mol. The molecular weight excluding hydrogens is 444 g/mol. The number of carbonyl (C=O) groups excluding carboxylic acids is 3. The van der Waals surface area contributed by atoms with Crippen molar-refractivity contribution in [3.05, 3.63) is 41.5 Å². The van der Waals surface area contributed by atoms with E-state index in [0.29, 0.717) is 28.9 Å². The quantitative estimate of drug-likeness (QED) is 0.633. The number of amidine groups is 1. The Morgan fingerprint density at radius 1 is 1.15 bits per heavy atom. The van der Waals surface area contributed by atoms with E-state index in [-0.39, 0.29) is 30.7 Å². The van der Waals surface area contributed by atoms with Gasteiger partial charge in [-0.3, -0.25) is 14.4 Å². The second-order valence-electron chi connectivity index (χ2n) is 8.37. The summed E-state index contributed by atoms with van der Waals surface area (Å²) in [5, 5.41) is 9.70. The summed E-state index contributed by atoms with van der Waals surface area (Å²) in [6.45, 7) is 1.98. The monoisotopic (exact) mass is 468 g/mol. The normalized spacial score (nSPS) is 20.1. The van der Waals surface area contributed by atoms with E-state index in [4.69, 9.17) is 4.52 Å². The summed E-state index contributed by atoms with van der Waals surface area (Å²) in [6, 6.07) is 6.55. The lowest BCUT2D eigenvalue weighted by molar-refractivity contribution is -0.121. The molecule has 0 spiro atoms. The van der Waals surface area contributed by atoms with Crippen molar-refractivity contribution < 1.29 is 18.9 Å². The summed E-state index contributed by atoms with van der Waals surface area (Å²) in [4.78, 5) is 47.5. The lowest BCUT2D eigenvalue weighted by Crippen LogP contribution is -2.25. The highest BCUT2D eigenvalue weighted by Crippen LogP contribution is 2.38. The van der Waals surface area contributed by atoms with E-state index >= 15 is 0 Å². The van der Waals surface area contributed by atoms with Gasteiger partial charge in [0.05, 0.1) is 6.54 Å². The smallest absolute Gasteiger partial charge is 0.262 e. The lowest BCUT2D eigenvalue weighted by atomic mass is 10.2. The maximum Gasteiger partial charge on any atom is 0.262 e. The first-order valence-corrected chi connectivity index (χ1v) is 12.0. The molecule has 2 aromatic rings. The van der Waals surface area contributed by atoms with Crippen LogP contribution in [0.1, 0.15) is 60.1 Å². The van der Waals surface area contributed by atoms with Gasteiger partial charge in [-0.05, 0) is 49.9 Å². The van der Waals surface area contributed by atoms with E-state index < -0.39 is 5.25 Å². The van der Waals surface area contributed by atoms with Crippen LogP contribution in [-0.4, -0.2) is 56.3 Å². The Morgan fingerprint density at radius 2 is 1.91 bits per heavy atom. The number of nitrogens with zero attached hydrogens (tertiary/aromatic N) is 4. The van der Waals surface area contributed by atoms with Gasteiger partial charge in [0.1, 0.15) is 5.25 Å². The van der Waals surface area contributed by atoms with Crippen LogP contribution in [0.25, 0.3) is 0 Å². The number of anilines is 1. The third-order valence-corrected chi connectivity index (χ3v) is 6.95. The van der Waals surface area contributed by atoms with E-state index in [0.717, 1.165) is 43.9 Å². The van der Waals surface area contributed by atoms with Crippen molar-refractivity contribution in [3.63, 3.8) is 0 Å². The van der Waals surface area contributed by atoms with E-state index in [1.54, 1.807) is 24.3 Å². The number of nitrogens with one attached hydrogen (secondary N) is 2. The first-order chi connectivity index (χ1) is 16.0. The molecule has 1 aliphatic carbocycles. The molecule has 2 fully saturated rings. The Balaban J connectivity index is 1.08. The first kappa shape index (κ1) is 21.6. The summed E-state index contributed by atoms with van der Waals surface area (Å²) >= 11 is 1.37. The van der Waals surface area contributed by atoms with Gasteiger partial charge in [-0.1, -0.05) is 16.9 Å². The maximum absolute atomic E-state index is 12.4. The number of amides is 3. The second kappa shape index (κ2) is 9.34. The zero-order chi connectivity index (χ0) is 22.8. The van der Waals surface area contributed by atoms with Crippen molar-refractivity contribution in [1.29, 1.82) is 0 Å². The van der Waals surface area contributed by atoms with Crippen molar-refractivity contribution >= 4 is 40.3 Å². The van der Waals surface area contributed by atoms with E-state index in [2.05, 4.69) is 30.7 Å². The molecule has 1 saturated carbocycles. The molecule has 10 nitrogen and oxygen atoms in total. The third kappa shape index (κ3) is 5.24. The highest BCUT2D eigenvalue weighted by atomic mass is 32.2. The van der Waals surface area contributed by atoms with Gasteiger partial charge >= 0.3 is 0 Å². The van der Waals surface area contributed by atoms with E-state index in [1.807, 2.05) is 0 Å². The molecule has 1 unspecified atom stereocenters. The third-order valence-electron chi connectivity index (χ3n) is 5.73. The van der Waals surface area contributed by atoms with Gasteiger partial charge in [0.15, 0.2) is 11.0 Å². The molecule has 0 bridgehead atoms. The summed E-state index contributed by atoms with van der Waals surface area (Å²) in [7, 11) is 0. The van der Waals surface area contributed by atoms with Crippen molar-refractivity contribution in [3.8, 4) is 0 Å². The SMILES string of the molecule is O=C(CC1SC(N2CCCC2)=NC1=O)Nc1ccc(C(=O)NCc2nc(C3CC3)no2)cc1. The van der Waals surface area contributed by atoms with Crippen LogP contribution in [0.5, 0.6) is 0 Å². The number of aliphatic imine (C=N–C) groups is 1. The lowest BCUT2D eigenvalue weighted by Gasteiger charge is -2.16. The Morgan fingerprint density at radius 3 is 2.64 bits per heavy atom. The molecule has 3 aliphatic rings. The minimum atomic E-state index is -0.490. The predicted octanol–water partition coefficient (Wildman–Crippen LogP) is 2.30. The number of hydrogen-bond donors (Lipinski definition) is 2. The molecular formula is C22H24N6O4S. The van der Waals surface area contributed by atoms with Gasteiger partial charge in [0, 0.05) is 36.7 Å². The van der Waals surface area contributed by atoms with Gasteiger partial charge in [0.25, 0.3) is 11.8 Å². The van der Waals surface area contributed by atoms with E-state index in [9.17, 15) is 14.4 Å². The predicted molar refractivity (Wildman–Crippen MR) is 122 cm³/mol. The Labute approximate surface area is 194 Å². The Hall–Kier alpha value is -3.21. The van der Waals surface area contributed by atoms with Gasteiger partial charge in [-0.25, -0.2) is 0 Å². The van der Waals surface area contributed by atoms with Crippen LogP contribution in [0.3, 0.4) is 0 Å². The van der Waals surface area contributed by atoms with Crippen LogP contribution in [-0.2, 0) is 16.1 Å². The molecule has 11 heteroatoms. The topological polar surface area (TPSA) is 130 Å². The zero-order valence-electron chi connectivity index (χ0n) is 18.0. The molecule has 3 amide bonds. The molecule has 1 aromatic carbocycles. The van der Waals surface area contributed by atoms with Crippen molar-refractivity contribution in [2.45, 2.75) is 49.8 Å². The summed E-state index contributed by atoms with van der Waals surface area (Å²) in [6.07, 6.45) is 4.42. The minimum Gasteiger partial charge on any atom is -0.351 e. The van der Waals surface area contributed by atoms with Crippen molar-refractivity contribution in [1.82, 2.24) is 20.4 Å². The molecule has 0 radical (unpaired) electrons. The average Bonchev–Trinajstić information content (AvgIpc) is 3.18. The fourth-order valence-corrected chi connectivity index (χ4v) is 4.86. The molecule has 172 valence electrons. The Bertz CT molecular complexity index is 1090. The summed E-state index contributed by atoms with van der Waals surface area (Å²) in [5.74, 6) is 0.680. The molecule has 3 heterocycles. The number of aromatic nitrogens is 2. The van der Waals surface area contributed by atoms with Crippen LogP contribution >= 0.6 is 11.8 Å². The second-order valence-corrected chi connectivity index (χ2v) is 9.54. The zero-order valence-corrected chi connectivity index (χ0v) is 18.8.